The molecule has 5 atom stereocenters. The van der Waals surface area contributed by atoms with Gasteiger partial charge in [0.2, 0.25) is 5.90 Å². The van der Waals surface area contributed by atoms with E-state index in [1.54, 1.807) is 0 Å². The van der Waals surface area contributed by atoms with Gasteiger partial charge in [0.25, 0.3) is 0 Å². The number of hydrogen-bond donors (Lipinski definition) is 0. The molecule has 3 aliphatic rings. The van der Waals surface area contributed by atoms with Crippen molar-refractivity contribution in [2.24, 2.45) is 4.99 Å². The highest BCUT2D eigenvalue weighted by Crippen LogP contribution is 2.41. The lowest BCUT2D eigenvalue weighted by Gasteiger charge is -2.28. The zero-order valence-corrected chi connectivity index (χ0v) is 17.6. The second-order valence-corrected chi connectivity index (χ2v) is 8.58. The average molecular weight is 430 g/mol. The van der Waals surface area contributed by atoms with Gasteiger partial charge in [0.1, 0.15) is 24.4 Å². The van der Waals surface area contributed by atoms with Crippen molar-refractivity contribution in [3.63, 3.8) is 0 Å². The Kier molecular flexibility index (Phi) is 5.29. The largest absolute Gasteiger partial charge is 0.469 e. The monoisotopic (exact) mass is 429 g/mol. The summed E-state index contributed by atoms with van der Waals surface area (Å²) in [7, 11) is 0. The Hall–Kier alpha value is -1.96. The molecule has 0 N–H and O–H groups in total. The number of rotatable bonds is 5. The molecular weight excluding hydrogens is 406 g/mol. The van der Waals surface area contributed by atoms with Crippen LogP contribution in [0.2, 0.25) is 5.02 Å². The quantitative estimate of drug-likeness (QED) is 0.720. The lowest BCUT2D eigenvalue weighted by atomic mass is 10.1. The van der Waals surface area contributed by atoms with Crippen LogP contribution in [-0.2, 0) is 30.3 Å². The second kappa shape index (κ2) is 7.94. The molecule has 2 aromatic rings. The van der Waals surface area contributed by atoms with E-state index in [1.165, 1.54) is 0 Å². The number of halogens is 1. The Morgan fingerprint density at radius 2 is 1.80 bits per heavy atom. The standard InChI is InChI=1S/C23H24ClNO5/c1-23(2)29-20-19(26-13-14-6-4-3-5-7-14)18(28-22(20)30-23)17-12-25-21(27-17)15-8-10-16(24)11-9-15/h3-11,17-20,22H,12-13H2,1-2H3/t17-,18+,19-,20+,22+/m0/s1. The van der Waals surface area contributed by atoms with Gasteiger partial charge in [-0.3, -0.25) is 0 Å². The molecule has 0 amide bonds. The third-order valence-corrected chi connectivity index (χ3v) is 5.70. The molecule has 3 heterocycles. The van der Waals surface area contributed by atoms with E-state index in [4.69, 9.17) is 35.3 Å². The van der Waals surface area contributed by atoms with E-state index in [0.29, 0.717) is 24.1 Å². The first-order chi connectivity index (χ1) is 14.5. The van der Waals surface area contributed by atoms with Gasteiger partial charge in [-0.2, -0.15) is 0 Å². The van der Waals surface area contributed by atoms with Crippen molar-refractivity contribution >= 4 is 17.5 Å². The van der Waals surface area contributed by atoms with Gasteiger partial charge in [-0.1, -0.05) is 41.9 Å². The summed E-state index contributed by atoms with van der Waals surface area (Å²) in [5.41, 5.74) is 1.97. The van der Waals surface area contributed by atoms with E-state index < -0.39 is 12.1 Å². The van der Waals surface area contributed by atoms with Crippen molar-refractivity contribution in [1.29, 1.82) is 0 Å². The molecule has 5 rings (SSSR count). The molecular formula is C23H24ClNO5. The second-order valence-electron chi connectivity index (χ2n) is 8.14. The Labute approximate surface area is 180 Å². The van der Waals surface area contributed by atoms with Gasteiger partial charge in [-0.15, -0.1) is 0 Å². The van der Waals surface area contributed by atoms with Gasteiger partial charge in [0.05, 0.1) is 13.2 Å². The third kappa shape index (κ3) is 3.98. The number of benzene rings is 2. The summed E-state index contributed by atoms with van der Waals surface area (Å²) in [6.07, 6.45) is -1.78. The summed E-state index contributed by atoms with van der Waals surface area (Å²) in [5.74, 6) is -0.128. The summed E-state index contributed by atoms with van der Waals surface area (Å²) in [6, 6.07) is 17.5. The molecule has 6 nitrogen and oxygen atoms in total. The van der Waals surface area contributed by atoms with Crippen molar-refractivity contribution in [3.05, 3.63) is 70.7 Å². The number of ether oxygens (including phenoxy) is 5. The van der Waals surface area contributed by atoms with Gasteiger partial charge in [-0.25, -0.2) is 4.99 Å². The molecule has 2 aromatic carbocycles. The lowest BCUT2D eigenvalue weighted by Crippen LogP contribution is -2.44. The van der Waals surface area contributed by atoms with Crippen LogP contribution in [0.1, 0.15) is 25.0 Å². The normalized spacial score (nSPS) is 32.0. The maximum absolute atomic E-state index is 6.30. The Morgan fingerprint density at radius 3 is 2.57 bits per heavy atom. The summed E-state index contributed by atoms with van der Waals surface area (Å²) in [6.45, 7) is 4.70. The van der Waals surface area contributed by atoms with Gasteiger partial charge < -0.3 is 23.7 Å². The molecule has 2 saturated heterocycles. The summed E-state index contributed by atoms with van der Waals surface area (Å²) in [4.78, 5) is 4.57. The molecule has 0 saturated carbocycles. The van der Waals surface area contributed by atoms with Crippen LogP contribution in [0.5, 0.6) is 0 Å². The van der Waals surface area contributed by atoms with Crippen LogP contribution in [0.25, 0.3) is 0 Å². The molecule has 0 aliphatic carbocycles. The molecule has 158 valence electrons. The zero-order chi connectivity index (χ0) is 20.7. The van der Waals surface area contributed by atoms with E-state index in [9.17, 15) is 0 Å². The van der Waals surface area contributed by atoms with E-state index in [0.717, 1.165) is 11.1 Å². The van der Waals surface area contributed by atoms with Crippen LogP contribution in [0.15, 0.2) is 59.6 Å². The van der Waals surface area contributed by atoms with Crippen molar-refractivity contribution in [1.82, 2.24) is 0 Å². The first-order valence-corrected chi connectivity index (χ1v) is 10.5. The van der Waals surface area contributed by atoms with Crippen LogP contribution in [-0.4, -0.2) is 48.9 Å². The summed E-state index contributed by atoms with van der Waals surface area (Å²) >= 11 is 5.99. The fourth-order valence-electron chi connectivity index (χ4n) is 4.07. The van der Waals surface area contributed by atoms with Crippen LogP contribution in [0, 0.1) is 0 Å². The Morgan fingerprint density at radius 1 is 1.03 bits per heavy atom. The molecule has 30 heavy (non-hydrogen) atoms. The van der Waals surface area contributed by atoms with Crippen molar-refractivity contribution < 1.29 is 23.7 Å². The van der Waals surface area contributed by atoms with Gasteiger partial charge in [0, 0.05) is 10.6 Å². The predicted octanol–water partition coefficient (Wildman–Crippen LogP) is 3.95. The summed E-state index contributed by atoms with van der Waals surface area (Å²) in [5, 5.41) is 0.673. The smallest absolute Gasteiger partial charge is 0.216 e. The fraction of sp³-hybridized carbons (Fsp3) is 0.435. The minimum atomic E-state index is -0.712. The number of hydrogen-bond acceptors (Lipinski definition) is 6. The third-order valence-electron chi connectivity index (χ3n) is 5.45. The number of nitrogens with zero attached hydrogens (tertiary/aromatic N) is 1. The van der Waals surface area contributed by atoms with Crippen molar-refractivity contribution in [2.45, 2.75) is 56.9 Å². The molecule has 7 heteroatoms. The Balaban J connectivity index is 1.31. The highest BCUT2D eigenvalue weighted by atomic mass is 35.5. The first-order valence-electron chi connectivity index (χ1n) is 10.1. The minimum Gasteiger partial charge on any atom is -0.469 e. The molecule has 0 unspecified atom stereocenters. The lowest BCUT2D eigenvalue weighted by molar-refractivity contribution is -0.227. The van der Waals surface area contributed by atoms with Gasteiger partial charge in [-0.05, 0) is 43.7 Å². The SMILES string of the molecule is CC1(C)O[C@H]2O[C@H]([C@@H]3CN=C(c4ccc(Cl)cc4)O3)[C@H](OCc3ccccc3)[C@H]2O1. The topological polar surface area (TPSA) is 58.5 Å². The fourth-order valence-corrected chi connectivity index (χ4v) is 4.20. The molecule has 3 aliphatic heterocycles. The van der Waals surface area contributed by atoms with E-state index in [-0.39, 0.29) is 24.4 Å². The first kappa shape index (κ1) is 20.0. The minimum absolute atomic E-state index is 0.280. The van der Waals surface area contributed by atoms with E-state index in [1.807, 2.05) is 68.4 Å². The maximum atomic E-state index is 6.30. The van der Waals surface area contributed by atoms with Gasteiger partial charge >= 0.3 is 0 Å². The highest BCUT2D eigenvalue weighted by molar-refractivity contribution is 6.30. The molecule has 0 radical (unpaired) electrons. The molecule has 2 fully saturated rings. The van der Waals surface area contributed by atoms with E-state index in [2.05, 4.69) is 4.99 Å². The Bertz CT molecular complexity index is 917. The van der Waals surface area contributed by atoms with E-state index >= 15 is 0 Å². The van der Waals surface area contributed by atoms with Crippen LogP contribution in [0.3, 0.4) is 0 Å². The molecule has 0 aromatic heterocycles. The van der Waals surface area contributed by atoms with Crippen LogP contribution < -0.4 is 0 Å². The van der Waals surface area contributed by atoms with Crippen molar-refractivity contribution in [3.8, 4) is 0 Å². The van der Waals surface area contributed by atoms with Crippen LogP contribution >= 0.6 is 11.6 Å². The number of aliphatic imine (C=N–C) groups is 1. The predicted molar refractivity (Wildman–Crippen MR) is 111 cm³/mol. The average Bonchev–Trinajstić information content (AvgIpc) is 3.40. The maximum Gasteiger partial charge on any atom is 0.216 e. The zero-order valence-electron chi connectivity index (χ0n) is 16.9. The van der Waals surface area contributed by atoms with Crippen LogP contribution in [0.4, 0.5) is 0 Å². The molecule has 0 bridgehead atoms. The van der Waals surface area contributed by atoms with Crippen molar-refractivity contribution in [2.75, 3.05) is 6.54 Å². The molecule has 0 spiro atoms. The van der Waals surface area contributed by atoms with Gasteiger partial charge in [0.15, 0.2) is 12.1 Å². The summed E-state index contributed by atoms with van der Waals surface area (Å²) < 4.78 is 30.7. The number of fused-ring (bicyclic) bond motifs is 1. The highest BCUT2D eigenvalue weighted by Gasteiger charge is 2.58.